The summed E-state index contributed by atoms with van der Waals surface area (Å²) in [7, 11) is 1.65. The predicted molar refractivity (Wildman–Crippen MR) is 71.9 cm³/mol. The van der Waals surface area contributed by atoms with Gasteiger partial charge in [0.2, 0.25) is 0 Å². The van der Waals surface area contributed by atoms with Crippen molar-refractivity contribution in [2.45, 2.75) is 26.0 Å². The molecule has 1 aliphatic heterocycles. The molecule has 0 radical (unpaired) electrons. The monoisotopic (exact) mass is 260 g/mol. The smallest absolute Gasteiger partial charge is 0.0900 e. The molecule has 0 aliphatic carbocycles. The number of ether oxygens (including phenoxy) is 2. The van der Waals surface area contributed by atoms with E-state index in [4.69, 9.17) is 9.47 Å². The van der Waals surface area contributed by atoms with Gasteiger partial charge in [-0.25, -0.2) is 0 Å². The minimum absolute atomic E-state index is 0.396. The third kappa shape index (κ3) is 6.11. The van der Waals surface area contributed by atoms with Gasteiger partial charge < -0.3 is 14.6 Å². The van der Waals surface area contributed by atoms with Crippen LogP contribution in [0.3, 0.4) is 0 Å². The number of hydrogen-bond acceptors (Lipinski definition) is 5. The first-order valence-electron chi connectivity index (χ1n) is 6.84. The maximum Gasteiger partial charge on any atom is 0.0900 e. The van der Waals surface area contributed by atoms with E-state index >= 15 is 0 Å². The third-order valence-corrected chi connectivity index (χ3v) is 3.35. The van der Waals surface area contributed by atoms with Gasteiger partial charge in [-0.2, -0.15) is 0 Å². The largest absolute Gasteiger partial charge is 0.389 e. The Balaban J connectivity index is 2.08. The van der Waals surface area contributed by atoms with Crippen molar-refractivity contribution in [3.8, 4) is 0 Å². The van der Waals surface area contributed by atoms with E-state index in [2.05, 4.69) is 23.6 Å². The summed E-state index contributed by atoms with van der Waals surface area (Å²) in [4.78, 5) is 4.78. The van der Waals surface area contributed by atoms with Crippen LogP contribution in [0.25, 0.3) is 0 Å². The molecule has 1 heterocycles. The Morgan fingerprint density at radius 2 is 1.78 bits per heavy atom. The van der Waals surface area contributed by atoms with Crippen LogP contribution >= 0.6 is 0 Å². The number of nitrogens with zero attached hydrogens (tertiary/aromatic N) is 2. The maximum absolute atomic E-state index is 9.85. The second-order valence-corrected chi connectivity index (χ2v) is 5.15. The lowest BCUT2D eigenvalue weighted by atomic mass is 10.2. The zero-order chi connectivity index (χ0) is 13.4. The van der Waals surface area contributed by atoms with Gasteiger partial charge in [0.25, 0.3) is 0 Å². The Morgan fingerprint density at radius 1 is 1.11 bits per heavy atom. The Bertz CT molecular complexity index is 206. The molecule has 108 valence electrons. The number of β-amino-alcohol motifs (C(OH)–C–C–N with tert-alkyl or cyclic N) is 1. The van der Waals surface area contributed by atoms with Gasteiger partial charge in [-0.15, -0.1) is 0 Å². The Kier molecular flexibility index (Phi) is 7.77. The first-order chi connectivity index (χ1) is 8.63. The summed E-state index contributed by atoms with van der Waals surface area (Å²) in [6.07, 6.45) is -0.396. The van der Waals surface area contributed by atoms with Gasteiger partial charge in [0, 0.05) is 45.9 Å². The average Bonchev–Trinajstić information content (AvgIpc) is 2.35. The van der Waals surface area contributed by atoms with Crippen LogP contribution in [0.1, 0.15) is 13.8 Å². The molecule has 1 saturated heterocycles. The maximum atomic E-state index is 9.85. The van der Waals surface area contributed by atoms with Crippen molar-refractivity contribution in [1.29, 1.82) is 0 Å². The van der Waals surface area contributed by atoms with Gasteiger partial charge in [0.15, 0.2) is 0 Å². The molecule has 0 spiro atoms. The van der Waals surface area contributed by atoms with E-state index in [1.54, 1.807) is 7.11 Å². The van der Waals surface area contributed by atoms with E-state index in [1.807, 2.05) is 0 Å². The van der Waals surface area contributed by atoms with Crippen LogP contribution in [0.15, 0.2) is 0 Å². The zero-order valence-electron chi connectivity index (χ0n) is 12.0. The fourth-order valence-corrected chi connectivity index (χ4v) is 2.17. The van der Waals surface area contributed by atoms with Gasteiger partial charge >= 0.3 is 0 Å². The molecule has 5 nitrogen and oxygen atoms in total. The van der Waals surface area contributed by atoms with Crippen LogP contribution in [-0.2, 0) is 9.47 Å². The van der Waals surface area contributed by atoms with E-state index < -0.39 is 6.10 Å². The quantitative estimate of drug-likeness (QED) is 0.624. The topological polar surface area (TPSA) is 45.2 Å². The predicted octanol–water partition coefficient (Wildman–Crippen LogP) is 0.0363. The van der Waals surface area contributed by atoms with E-state index in [0.717, 1.165) is 26.2 Å². The summed E-state index contributed by atoms with van der Waals surface area (Å²) < 4.78 is 10.2. The van der Waals surface area contributed by atoms with Crippen molar-refractivity contribution < 1.29 is 14.6 Å². The van der Waals surface area contributed by atoms with Gasteiger partial charge in [0.05, 0.1) is 25.9 Å². The molecule has 0 amide bonds. The third-order valence-electron chi connectivity index (χ3n) is 3.35. The highest BCUT2D eigenvalue weighted by atomic mass is 16.5. The van der Waals surface area contributed by atoms with Crippen LogP contribution < -0.4 is 0 Å². The molecule has 5 heteroatoms. The fraction of sp³-hybridized carbons (Fsp3) is 1.00. The van der Waals surface area contributed by atoms with Gasteiger partial charge in [0.1, 0.15) is 0 Å². The van der Waals surface area contributed by atoms with Crippen molar-refractivity contribution in [3.05, 3.63) is 0 Å². The van der Waals surface area contributed by atoms with Crippen LogP contribution in [0.5, 0.6) is 0 Å². The number of hydrogen-bond donors (Lipinski definition) is 1. The minimum Gasteiger partial charge on any atom is -0.389 e. The van der Waals surface area contributed by atoms with Crippen LogP contribution in [-0.4, -0.2) is 86.7 Å². The van der Waals surface area contributed by atoms with Crippen LogP contribution in [0, 0.1) is 0 Å². The number of aliphatic hydroxyl groups is 1. The lowest BCUT2D eigenvalue weighted by molar-refractivity contribution is -0.00843. The Hall–Kier alpha value is -0.200. The summed E-state index contributed by atoms with van der Waals surface area (Å²) in [6, 6.07) is 0.620. The van der Waals surface area contributed by atoms with Gasteiger partial charge in [-0.1, -0.05) is 0 Å². The minimum atomic E-state index is -0.396. The summed E-state index contributed by atoms with van der Waals surface area (Å²) in [5.74, 6) is 0. The van der Waals surface area contributed by atoms with Crippen LogP contribution in [0.4, 0.5) is 0 Å². The lowest BCUT2D eigenvalue weighted by Gasteiger charge is -2.37. The van der Waals surface area contributed by atoms with Crippen molar-refractivity contribution in [2.24, 2.45) is 0 Å². The normalized spacial score (nSPS) is 20.5. The average molecular weight is 260 g/mol. The number of aliphatic hydroxyl groups excluding tert-OH is 1. The summed E-state index contributed by atoms with van der Waals surface area (Å²) >= 11 is 0. The molecule has 1 aliphatic rings. The molecule has 0 saturated carbocycles. The summed E-state index contributed by atoms with van der Waals surface area (Å²) in [6.45, 7) is 11.0. The molecule has 1 atom stereocenters. The molecule has 0 aromatic rings. The van der Waals surface area contributed by atoms with E-state index in [0.29, 0.717) is 32.4 Å². The first kappa shape index (κ1) is 15.9. The molecule has 0 aromatic carbocycles. The van der Waals surface area contributed by atoms with E-state index in [-0.39, 0.29) is 0 Å². The number of methoxy groups -OCH3 is 1. The van der Waals surface area contributed by atoms with Gasteiger partial charge in [-0.3, -0.25) is 9.80 Å². The second-order valence-electron chi connectivity index (χ2n) is 5.15. The molecule has 1 fully saturated rings. The van der Waals surface area contributed by atoms with Crippen molar-refractivity contribution in [2.75, 3.05) is 59.7 Å². The Labute approximate surface area is 111 Å². The summed E-state index contributed by atoms with van der Waals surface area (Å²) in [5, 5.41) is 9.85. The fourth-order valence-electron chi connectivity index (χ4n) is 2.17. The molecule has 1 N–H and O–H groups in total. The Morgan fingerprint density at radius 3 is 2.33 bits per heavy atom. The molecular weight excluding hydrogens is 232 g/mol. The molecule has 18 heavy (non-hydrogen) atoms. The molecule has 1 unspecified atom stereocenters. The first-order valence-corrected chi connectivity index (χ1v) is 6.84. The standard InChI is InChI=1S/C13H28N2O3/c1-12(2)15-6-4-14(5-7-15)10-13(16)11-18-9-8-17-3/h12-13,16H,4-11H2,1-3H3. The lowest BCUT2D eigenvalue weighted by Crippen LogP contribution is -2.50. The molecule has 1 rings (SSSR count). The highest BCUT2D eigenvalue weighted by Crippen LogP contribution is 2.06. The summed E-state index contributed by atoms with van der Waals surface area (Å²) in [5.41, 5.74) is 0. The van der Waals surface area contributed by atoms with Crippen LogP contribution in [0.2, 0.25) is 0 Å². The van der Waals surface area contributed by atoms with Crippen molar-refractivity contribution in [1.82, 2.24) is 9.80 Å². The highest BCUT2D eigenvalue weighted by molar-refractivity contribution is 4.75. The van der Waals surface area contributed by atoms with Crippen molar-refractivity contribution in [3.63, 3.8) is 0 Å². The van der Waals surface area contributed by atoms with E-state index in [1.165, 1.54) is 0 Å². The SMILES string of the molecule is COCCOCC(O)CN1CCN(C(C)C)CC1. The van der Waals surface area contributed by atoms with Gasteiger partial charge in [-0.05, 0) is 13.8 Å². The van der Waals surface area contributed by atoms with E-state index in [9.17, 15) is 5.11 Å². The molecule has 0 aromatic heterocycles. The number of piperazine rings is 1. The van der Waals surface area contributed by atoms with Crippen molar-refractivity contribution >= 4 is 0 Å². The zero-order valence-corrected chi connectivity index (χ0v) is 12.0. The second kappa shape index (κ2) is 8.82. The molecule has 0 bridgehead atoms. The number of rotatable bonds is 8. The highest BCUT2D eigenvalue weighted by Gasteiger charge is 2.20. The molecular formula is C13H28N2O3.